The number of benzene rings is 1. The Balaban J connectivity index is 2.71. The monoisotopic (exact) mass is 351 g/mol. The fourth-order valence-corrected chi connectivity index (χ4v) is 3.21. The molecule has 0 amide bonds. The van der Waals surface area contributed by atoms with E-state index in [-0.39, 0.29) is 17.5 Å². The van der Waals surface area contributed by atoms with Crippen molar-refractivity contribution in [3.8, 4) is 11.5 Å². The van der Waals surface area contributed by atoms with Gasteiger partial charge in [0.1, 0.15) is 9.84 Å². The van der Waals surface area contributed by atoms with Crippen LogP contribution in [0.25, 0.3) is 0 Å². The summed E-state index contributed by atoms with van der Waals surface area (Å²) in [5.41, 5.74) is 0.891. The maximum atomic E-state index is 11.2. The van der Waals surface area contributed by atoms with Gasteiger partial charge in [-0.25, -0.2) is 8.42 Å². The van der Waals surface area contributed by atoms with E-state index >= 15 is 0 Å². The first-order valence-corrected chi connectivity index (χ1v) is 8.54. The van der Waals surface area contributed by atoms with Gasteiger partial charge in [-0.05, 0) is 40.5 Å². The molecule has 7 heteroatoms. The van der Waals surface area contributed by atoms with Crippen molar-refractivity contribution in [3.63, 3.8) is 0 Å². The average Bonchev–Trinajstić information content (AvgIpc) is 2.28. The smallest absolute Gasteiger partial charge is 0.172 e. The van der Waals surface area contributed by atoms with Gasteiger partial charge >= 0.3 is 0 Å². The highest BCUT2D eigenvalue weighted by molar-refractivity contribution is 9.10. The first-order valence-electron chi connectivity index (χ1n) is 5.69. The van der Waals surface area contributed by atoms with Crippen molar-refractivity contribution < 1.29 is 18.3 Å². The minimum absolute atomic E-state index is 0.0513. The molecule has 0 bridgehead atoms. The Labute approximate surface area is 122 Å². The Morgan fingerprint density at radius 1 is 1.47 bits per heavy atom. The summed E-state index contributed by atoms with van der Waals surface area (Å²) in [6.07, 6.45) is 1.21. The van der Waals surface area contributed by atoms with E-state index in [2.05, 4.69) is 21.2 Å². The van der Waals surface area contributed by atoms with Gasteiger partial charge in [-0.1, -0.05) is 0 Å². The third-order valence-corrected chi connectivity index (χ3v) is 4.23. The lowest BCUT2D eigenvalue weighted by atomic mass is 10.2. The molecule has 0 aliphatic carbocycles. The Hall–Kier alpha value is -0.790. The van der Waals surface area contributed by atoms with E-state index in [9.17, 15) is 13.5 Å². The van der Waals surface area contributed by atoms with Gasteiger partial charge in [-0.2, -0.15) is 0 Å². The highest BCUT2D eigenvalue weighted by atomic mass is 79.9. The fraction of sp³-hybridized carbons (Fsp3) is 0.500. The number of ether oxygens (including phenoxy) is 1. The molecule has 0 aliphatic rings. The largest absolute Gasteiger partial charge is 0.503 e. The van der Waals surface area contributed by atoms with Gasteiger partial charge in [0, 0.05) is 18.8 Å². The van der Waals surface area contributed by atoms with E-state index in [1.807, 2.05) is 6.92 Å². The predicted octanol–water partition coefficient (Wildman–Crippen LogP) is 1.69. The molecule has 1 atom stereocenters. The van der Waals surface area contributed by atoms with Crippen LogP contribution in [0.15, 0.2) is 16.6 Å². The van der Waals surface area contributed by atoms with E-state index in [1.165, 1.54) is 13.4 Å². The Morgan fingerprint density at radius 3 is 2.63 bits per heavy atom. The predicted molar refractivity (Wildman–Crippen MR) is 78.4 cm³/mol. The zero-order valence-corrected chi connectivity index (χ0v) is 13.5. The van der Waals surface area contributed by atoms with Crippen LogP contribution in [0, 0.1) is 0 Å². The van der Waals surface area contributed by atoms with E-state index in [0.717, 1.165) is 5.56 Å². The van der Waals surface area contributed by atoms with Crippen molar-refractivity contribution in [2.45, 2.75) is 19.5 Å². The molecule has 0 spiro atoms. The number of sulfone groups is 1. The second-order valence-corrected chi connectivity index (χ2v) is 7.54. The number of aromatic hydroxyl groups is 1. The highest BCUT2D eigenvalue weighted by Crippen LogP contribution is 2.35. The van der Waals surface area contributed by atoms with Gasteiger partial charge in [0.2, 0.25) is 0 Å². The molecule has 19 heavy (non-hydrogen) atoms. The maximum Gasteiger partial charge on any atom is 0.172 e. The van der Waals surface area contributed by atoms with Crippen LogP contribution in [0.4, 0.5) is 0 Å². The lowest BCUT2D eigenvalue weighted by molar-refractivity contribution is 0.371. The fourth-order valence-electron chi connectivity index (χ4n) is 1.69. The van der Waals surface area contributed by atoms with Crippen LogP contribution in [0.5, 0.6) is 11.5 Å². The molecule has 108 valence electrons. The second-order valence-electron chi connectivity index (χ2n) is 4.50. The van der Waals surface area contributed by atoms with Crippen molar-refractivity contribution >= 4 is 25.8 Å². The molecule has 0 fully saturated rings. The lowest BCUT2D eigenvalue weighted by Crippen LogP contribution is -2.32. The highest BCUT2D eigenvalue weighted by Gasteiger charge is 2.12. The zero-order chi connectivity index (χ0) is 14.6. The quantitative estimate of drug-likeness (QED) is 0.815. The normalized spacial score (nSPS) is 13.3. The van der Waals surface area contributed by atoms with Crippen LogP contribution in [0.1, 0.15) is 12.5 Å². The topological polar surface area (TPSA) is 75.6 Å². The summed E-state index contributed by atoms with van der Waals surface area (Å²) in [6, 6.07) is 3.33. The molecule has 0 heterocycles. The number of hydrogen-bond donors (Lipinski definition) is 2. The van der Waals surface area contributed by atoms with Crippen molar-refractivity contribution in [1.82, 2.24) is 5.32 Å². The molecule has 1 aromatic carbocycles. The van der Waals surface area contributed by atoms with Gasteiger partial charge in [0.15, 0.2) is 11.5 Å². The number of phenolic OH excluding ortho intramolecular Hbond substituents is 1. The number of phenols is 1. The summed E-state index contributed by atoms with van der Waals surface area (Å²) in [6.45, 7) is 2.31. The first kappa shape index (κ1) is 16.3. The van der Waals surface area contributed by atoms with Crippen LogP contribution in [-0.4, -0.2) is 38.7 Å². The molecule has 0 aromatic heterocycles. The van der Waals surface area contributed by atoms with Gasteiger partial charge in [0.25, 0.3) is 0 Å². The van der Waals surface area contributed by atoms with Crippen LogP contribution in [0.2, 0.25) is 0 Å². The molecular weight excluding hydrogens is 334 g/mol. The van der Waals surface area contributed by atoms with Crippen LogP contribution in [-0.2, 0) is 16.4 Å². The van der Waals surface area contributed by atoms with E-state index in [4.69, 9.17) is 4.74 Å². The van der Waals surface area contributed by atoms with Crippen LogP contribution < -0.4 is 10.1 Å². The number of methoxy groups -OCH3 is 1. The van der Waals surface area contributed by atoms with Crippen molar-refractivity contribution in [2.24, 2.45) is 0 Å². The molecule has 1 unspecified atom stereocenters. The van der Waals surface area contributed by atoms with Gasteiger partial charge < -0.3 is 15.2 Å². The van der Waals surface area contributed by atoms with E-state index in [0.29, 0.717) is 16.8 Å². The third-order valence-electron chi connectivity index (χ3n) is 2.52. The van der Waals surface area contributed by atoms with Crippen LogP contribution in [0.3, 0.4) is 0 Å². The lowest BCUT2D eigenvalue weighted by Gasteiger charge is -2.14. The number of nitrogens with one attached hydrogen (secondary N) is 1. The van der Waals surface area contributed by atoms with Crippen molar-refractivity contribution in [3.05, 3.63) is 22.2 Å². The summed E-state index contributed by atoms with van der Waals surface area (Å²) < 4.78 is 27.9. The molecule has 0 saturated carbocycles. The Kier molecular flexibility index (Phi) is 5.64. The summed E-state index contributed by atoms with van der Waals surface area (Å²) >= 11 is 3.24. The zero-order valence-electron chi connectivity index (χ0n) is 11.1. The number of rotatable bonds is 6. The summed E-state index contributed by atoms with van der Waals surface area (Å²) in [5.74, 6) is 0.515. The Morgan fingerprint density at radius 2 is 2.11 bits per heavy atom. The van der Waals surface area contributed by atoms with E-state index in [1.54, 1.807) is 12.1 Å². The second kappa shape index (κ2) is 6.58. The maximum absolute atomic E-state index is 11.2. The first-order chi connectivity index (χ1) is 8.73. The molecule has 0 saturated heterocycles. The summed E-state index contributed by atoms with van der Waals surface area (Å²) in [5, 5.41) is 12.8. The molecular formula is C12H18BrNO4S. The average molecular weight is 352 g/mol. The molecule has 1 aromatic rings. The number of halogens is 1. The van der Waals surface area contributed by atoms with E-state index < -0.39 is 9.84 Å². The molecule has 0 radical (unpaired) electrons. The van der Waals surface area contributed by atoms with Crippen LogP contribution >= 0.6 is 15.9 Å². The summed E-state index contributed by atoms with van der Waals surface area (Å²) in [7, 11) is -1.51. The Bertz CT molecular complexity index is 545. The third kappa shape index (κ3) is 5.38. The minimum Gasteiger partial charge on any atom is -0.503 e. The van der Waals surface area contributed by atoms with Crippen molar-refractivity contribution in [2.75, 3.05) is 19.1 Å². The molecule has 5 nitrogen and oxygen atoms in total. The van der Waals surface area contributed by atoms with Crippen molar-refractivity contribution in [1.29, 1.82) is 0 Å². The molecule has 1 rings (SSSR count). The number of hydrogen-bond acceptors (Lipinski definition) is 5. The standard InChI is InChI=1S/C12H18BrNO4S/c1-8(7-19(3,16)17)14-6-9-4-10(13)12(15)11(5-9)18-2/h4-5,8,14-15H,6-7H2,1-3H3. The minimum atomic E-state index is -2.99. The molecule has 2 N–H and O–H groups in total. The summed E-state index contributed by atoms with van der Waals surface area (Å²) in [4.78, 5) is 0. The van der Waals surface area contributed by atoms with Gasteiger partial charge in [0.05, 0.1) is 17.3 Å². The molecule has 0 aliphatic heterocycles. The van der Waals surface area contributed by atoms with Gasteiger partial charge in [-0.3, -0.25) is 0 Å². The van der Waals surface area contributed by atoms with Gasteiger partial charge in [-0.15, -0.1) is 0 Å². The SMILES string of the molecule is COc1cc(CNC(C)CS(C)(=O)=O)cc(Br)c1O.